The summed E-state index contributed by atoms with van der Waals surface area (Å²) in [6.07, 6.45) is -0.264. The fourth-order valence-corrected chi connectivity index (χ4v) is 4.02. The number of carbonyl (C=O) groups is 3. The Morgan fingerprint density at radius 2 is 2.03 bits per heavy atom. The van der Waals surface area contributed by atoms with Crippen LogP contribution in [0.5, 0.6) is 5.75 Å². The molecule has 162 valence electrons. The molecule has 0 saturated carbocycles. The maximum atomic E-state index is 12.4. The van der Waals surface area contributed by atoms with E-state index in [1.165, 1.54) is 23.5 Å². The monoisotopic (exact) mass is 473 g/mol. The van der Waals surface area contributed by atoms with Crippen molar-refractivity contribution in [1.82, 2.24) is 10.6 Å². The van der Waals surface area contributed by atoms with Crippen molar-refractivity contribution in [3.05, 3.63) is 49.6 Å². The molecule has 0 aliphatic rings. The fraction of sp³-hybridized carbons (Fsp3) is 0.316. The van der Waals surface area contributed by atoms with Crippen molar-refractivity contribution in [3.63, 3.8) is 0 Å². The highest BCUT2D eigenvalue weighted by Crippen LogP contribution is 2.36. The topological polar surface area (TPSA) is 131 Å². The number of rotatable bonds is 9. The van der Waals surface area contributed by atoms with Gasteiger partial charge in [-0.25, -0.2) is 0 Å². The highest BCUT2D eigenvalue weighted by molar-refractivity contribution is 7.12. The summed E-state index contributed by atoms with van der Waals surface area (Å²) in [7, 11) is 0. The van der Waals surface area contributed by atoms with Gasteiger partial charge in [-0.15, -0.1) is 11.3 Å². The summed E-state index contributed by atoms with van der Waals surface area (Å²) in [5.74, 6) is -1.92. The van der Waals surface area contributed by atoms with Crippen LogP contribution in [0.15, 0.2) is 23.6 Å². The number of amides is 2. The van der Waals surface area contributed by atoms with Crippen LogP contribution in [0.4, 0.5) is 0 Å². The van der Waals surface area contributed by atoms with Crippen LogP contribution in [0.25, 0.3) is 0 Å². The molecule has 5 N–H and O–H groups in total. The molecular weight excluding hydrogens is 453 g/mol. The maximum absolute atomic E-state index is 12.4. The Kier molecular flexibility index (Phi) is 8.91. The van der Waals surface area contributed by atoms with Crippen molar-refractivity contribution in [2.24, 2.45) is 5.73 Å². The number of nitrogens with one attached hydrogen (secondary N) is 2. The second-order valence-electron chi connectivity index (χ2n) is 6.12. The first kappa shape index (κ1) is 23.9. The van der Waals surface area contributed by atoms with Gasteiger partial charge in [-0.3, -0.25) is 14.4 Å². The van der Waals surface area contributed by atoms with E-state index in [1.807, 2.05) is 0 Å². The molecule has 30 heavy (non-hydrogen) atoms. The Morgan fingerprint density at radius 3 is 2.70 bits per heavy atom. The molecule has 1 atom stereocenters. The molecule has 1 heterocycles. The summed E-state index contributed by atoms with van der Waals surface area (Å²) in [5.41, 5.74) is 6.42. The largest absolute Gasteiger partial charge is 0.506 e. The number of nitrogens with two attached hydrogens (primary N) is 1. The molecule has 0 aliphatic carbocycles. The molecule has 1 aromatic heterocycles. The van der Waals surface area contributed by atoms with Crippen LogP contribution in [0.2, 0.25) is 10.0 Å². The van der Waals surface area contributed by atoms with E-state index in [4.69, 9.17) is 33.7 Å². The summed E-state index contributed by atoms with van der Waals surface area (Å²) in [6.45, 7) is 1.65. The molecule has 1 aromatic carbocycles. The second-order valence-corrected chi connectivity index (χ2v) is 7.88. The number of esters is 1. The molecule has 8 nitrogen and oxygen atoms in total. The van der Waals surface area contributed by atoms with Crippen LogP contribution in [0, 0.1) is 0 Å². The summed E-state index contributed by atoms with van der Waals surface area (Å²) in [4.78, 5) is 37.1. The lowest BCUT2D eigenvalue weighted by Crippen LogP contribution is -2.39. The minimum absolute atomic E-state index is 0.0269. The Hall–Kier alpha value is -2.33. The summed E-state index contributed by atoms with van der Waals surface area (Å²) in [5, 5.41) is 17.3. The molecule has 0 fully saturated rings. The Morgan fingerprint density at radius 1 is 1.30 bits per heavy atom. The predicted octanol–water partition coefficient (Wildman–Crippen LogP) is 2.76. The number of benzene rings is 1. The van der Waals surface area contributed by atoms with Crippen molar-refractivity contribution < 1.29 is 24.2 Å². The Bertz CT molecular complexity index is 935. The third kappa shape index (κ3) is 6.33. The highest BCUT2D eigenvalue weighted by atomic mass is 35.5. The van der Waals surface area contributed by atoms with Crippen molar-refractivity contribution in [3.8, 4) is 5.75 Å². The van der Waals surface area contributed by atoms with E-state index in [0.717, 1.165) is 0 Å². The normalized spacial score (nSPS) is 11.6. The van der Waals surface area contributed by atoms with Gasteiger partial charge in [-0.05, 0) is 36.1 Å². The zero-order valence-electron chi connectivity index (χ0n) is 16.0. The number of thiophene rings is 1. The average Bonchev–Trinajstić information content (AvgIpc) is 3.17. The number of hydrogen-bond donors (Lipinski definition) is 4. The number of ether oxygens (including phenoxy) is 1. The van der Waals surface area contributed by atoms with Crippen molar-refractivity contribution in [2.45, 2.75) is 25.9 Å². The fourth-order valence-electron chi connectivity index (χ4n) is 2.66. The lowest BCUT2D eigenvalue weighted by molar-refractivity contribution is -0.143. The van der Waals surface area contributed by atoms with Crippen LogP contribution in [-0.4, -0.2) is 36.0 Å². The summed E-state index contributed by atoms with van der Waals surface area (Å²) < 4.78 is 4.93. The van der Waals surface area contributed by atoms with Crippen molar-refractivity contribution in [2.75, 3.05) is 13.2 Å². The van der Waals surface area contributed by atoms with Gasteiger partial charge in [0.1, 0.15) is 5.75 Å². The molecular formula is C19H21Cl2N3O5S. The van der Waals surface area contributed by atoms with Gasteiger partial charge >= 0.3 is 5.97 Å². The van der Waals surface area contributed by atoms with Crippen molar-refractivity contribution in [1.29, 1.82) is 0 Å². The van der Waals surface area contributed by atoms with Gasteiger partial charge in [0.05, 0.1) is 35.5 Å². The van der Waals surface area contributed by atoms with E-state index in [-0.39, 0.29) is 47.5 Å². The van der Waals surface area contributed by atoms with E-state index in [2.05, 4.69) is 10.6 Å². The third-order valence-corrected chi connectivity index (χ3v) is 5.49. The van der Waals surface area contributed by atoms with Gasteiger partial charge in [-0.1, -0.05) is 23.2 Å². The van der Waals surface area contributed by atoms with Crippen LogP contribution in [-0.2, 0) is 20.9 Å². The molecule has 0 saturated heterocycles. The lowest BCUT2D eigenvalue weighted by atomic mass is 10.0. The Balaban J connectivity index is 2.12. The number of hydrogen-bond acceptors (Lipinski definition) is 7. The van der Waals surface area contributed by atoms with E-state index in [0.29, 0.717) is 10.4 Å². The molecule has 2 rings (SSSR count). The molecule has 0 spiro atoms. The highest BCUT2D eigenvalue weighted by Gasteiger charge is 2.24. The van der Waals surface area contributed by atoms with Gasteiger partial charge in [0.25, 0.3) is 5.91 Å². The zero-order valence-corrected chi connectivity index (χ0v) is 18.4. The van der Waals surface area contributed by atoms with Crippen LogP contribution in [0.3, 0.4) is 0 Å². The van der Waals surface area contributed by atoms with Gasteiger partial charge in [0.15, 0.2) is 0 Å². The quantitative estimate of drug-likeness (QED) is 0.414. The van der Waals surface area contributed by atoms with Crippen LogP contribution < -0.4 is 16.4 Å². The van der Waals surface area contributed by atoms with Gasteiger partial charge < -0.3 is 26.2 Å². The first-order valence-electron chi connectivity index (χ1n) is 8.94. The van der Waals surface area contributed by atoms with Gasteiger partial charge in [0.2, 0.25) is 5.91 Å². The van der Waals surface area contributed by atoms with Gasteiger partial charge in [0, 0.05) is 17.1 Å². The first-order chi connectivity index (χ1) is 14.3. The smallest absolute Gasteiger partial charge is 0.308 e. The van der Waals surface area contributed by atoms with Crippen LogP contribution >= 0.6 is 34.5 Å². The average molecular weight is 474 g/mol. The van der Waals surface area contributed by atoms with E-state index in [9.17, 15) is 19.5 Å². The molecule has 0 radical (unpaired) electrons. The van der Waals surface area contributed by atoms with E-state index in [1.54, 1.807) is 18.4 Å². The first-order valence-corrected chi connectivity index (χ1v) is 10.6. The Labute approximate surface area is 187 Å². The molecule has 0 unspecified atom stereocenters. The standard InChI is InChI=1S/C19H21Cl2N3O5S/c1-2-29-16(26)7-14(12-5-11(20)6-13(21)17(12)27)24-15(25)9-23-19(28)18-10(8-22)3-4-30-18/h3-6,14,27H,2,7-9,22H2,1H3,(H,23,28)(H,24,25)/t14-/m0/s1. The van der Waals surface area contributed by atoms with Crippen molar-refractivity contribution >= 4 is 52.3 Å². The summed E-state index contributed by atoms with van der Waals surface area (Å²) >= 11 is 13.2. The number of carbonyl (C=O) groups excluding carboxylic acids is 3. The zero-order chi connectivity index (χ0) is 22.3. The predicted molar refractivity (Wildman–Crippen MR) is 115 cm³/mol. The lowest BCUT2D eigenvalue weighted by Gasteiger charge is -2.20. The number of halogens is 2. The maximum Gasteiger partial charge on any atom is 0.308 e. The molecule has 0 aliphatic heterocycles. The van der Waals surface area contributed by atoms with E-state index >= 15 is 0 Å². The number of phenolic OH excluding ortho intramolecular Hbond substituents is 1. The second kappa shape index (κ2) is 11.2. The molecule has 0 bridgehead atoms. The minimum Gasteiger partial charge on any atom is -0.506 e. The number of phenols is 1. The summed E-state index contributed by atoms with van der Waals surface area (Å²) in [6, 6.07) is 3.50. The molecule has 2 amide bonds. The van der Waals surface area contributed by atoms with Crippen LogP contribution in [0.1, 0.15) is 40.2 Å². The number of aromatic hydroxyl groups is 1. The molecule has 11 heteroatoms. The SMILES string of the molecule is CCOC(=O)C[C@H](NC(=O)CNC(=O)c1sccc1CN)c1cc(Cl)cc(Cl)c1O. The van der Waals surface area contributed by atoms with E-state index < -0.39 is 23.8 Å². The molecule has 2 aromatic rings. The third-order valence-electron chi connectivity index (χ3n) is 4.03. The minimum atomic E-state index is -0.967. The van der Waals surface area contributed by atoms with Gasteiger partial charge in [-0.2, -0.15) is 0 Å².